The van der Waals surface area contributed by atoms with E-state index in [1.54, 1.807) is 12.5 Å². The molecule has 0 saturated carbocycles. The number of amides is 1. The molecule has 1 aliphatic rings. The number of carbonyl (C=O) groups is 1. The first-order chi connectivity index (χ1) is 16.8. The fraction of sp³-hybridized carbons (Fsp3) is 0.333. The largest absolute Gasteiger partial charge is 0.347 e. The van der Waals surface area contributed by atoms with Crippen molar-refractivity contribution in [2.24, 2.45) is 0 Å². The highest BCUT2D eigenvalue weighted by molar-refractivity contribution is 7.99. The maximum absolute atomic E-state index is 12.7. The first kappa shape index (κ1) is 23.8. The number of thiazole rings is 1. The Kier molecular flexibility index (Phi) is 6.51. The number of aromatic nitrogens is 4. The number of hydrogen-bond acceptors (Lipinski definition) is 6. The van der Waals surface area contributed by atoms with Crippen LogP contribution in [0.4, 0.5) is 0 Å². The van der Waals surface area contributed by atoms with Gasteiger partial charge in [-0.05, 0) is 47.9 Å². The van der Waals surface area contributed by atoms with Crippen molar-refractivity contribution in [3.05, 3.63) is 69.6 Å². The van der Waals surface area contributed by atoms with Crippen LogP contribution in [0.2, 0.25) is 0 Å². The zero-order valence-electron chi connectivity index (χ0n) is 20.4. The fourth-order valence-corrected chi connectivity index (χ4v) is 5.88. The van der Waals surface area contributed by atoms with E-state index in [0.29, 0.717) is 11.4 Å². The lowest BCUT2D eigenvalue weighted by Crippen LogP contribution is -2.22. The van der Waals surface area contributed by atoms with E-state index in [0.717, 1.165) is 62.0 Å². The van der Waals surface area contributed by atoms with Crippen LogP contribution in [-0.2, 0) is 12.0 Å². The summed E-state index contributed by atoms with van der Waals surface area (Å²) < 4.78 is 0. The number of H-pyrrole nitrogens is 1. The molecule has 5 rings (SSSR count). The Hall–Kier alpha value is -2.97. The first-order valence-corrected chi connectivity index (χ1v) is 13.7. The predicted molar refractivity (Wildman–Crippen MR) is 146 cm³/mol. The van der Waals surface area contributed by atoms with Gasteiger partial charge < -0.3 is 10.3 Å². The number of rotatable bonds is 5. The number of fused-ring (bicyclic) bond motifs is 1. The number of thioether (sulfide) groups is 1. The van der Waals surface area contributed by atoms with Gasteiger partial charge in [0.15, 0.2) is 0 Å². The number of hydrogen-bond donors (Lipinski definition) is 2. The topological polar surface area (TPSA) is 83.6 Å². The Balaban J connectivity index is 1.34. The molecule has 3 aromatic heterocycles. The Morgan fingerprint density at radius 2 is 2.03 bits per heavy atom. The van der Waals surface area contributed by atoms with Gasteiger partial charge >= 0.3 is 0 Å². The molecule has 1 aromatic carbocycles. The highest BCUT2D eigenvalue weighted by Gasteiger charge is 2.20. The third kappa shape index (κ3) is 5.04. The molecule has 1 aliphatic heterocycles. The standard InChI is InChI=1S/C27H29N5OS2/c1-16-11-18(5-6-19(16)13-28-25(33)22-14-29-26(35-22)27(2,3)4)23-20-12-21(17-7-9-34-10-8-17)32-24(20)31-15-30-23/h5-7,11-12,14-15H,8-10,13H2,1-4H3,(H,28,33)(H,30,31,32). The predicted octanol–water partition coefficient (Wildman–Crippen LogP) is 6.14. The summed E-state index contributed by atoms with van der Waals surface area (Å²) in [5, 5.41) is 5.04. The highest BCUT2D eigenvalue weighted by atomic mass is 32.2. The van der Waals surface area contributed by atoms with Crippen molar-refractivity contribution in [3.63, 3.8) is 0 Å². The molecule has 0 spiro atoms. The lowest BCUT2D eigenvalue weighted by molar-refractivity contribution is 0.0954. The summed E-state index contributed by atoms with van der Waals surface area (Å²) in [6, 6.07) is 8.46. The zero-order chi connectivity index (χ0) is 24.6. The number of aromatic amines is 1. The van der Waals surface area contributed by atoms with Gasteiger partial charge in [0, 0.05) is 34.4 Å². The van der Waals surface area contributed by atoms with Crippen LogP contribution in [-0.4, -0.2) is 37.3 Å². The second-order valence-corrected chi connectivity index (χ2v) is 12.0. The molecular weight excluding hydrogens is 474 g/mol. The van der Waals surface area contributed by atoms with Gasteiger partial charge in [-0.3, -0.25) is 4.79 Å². The van der Waals surface area contributed by atoms with E-state index < -0.39 is 0 Å². The van der Waals surface area contributed by atoms with Crippen LogP contribution in [0.15, 0.2) is 42.9 Å². The van der Waals surface area contributed by atoms with Gasteiger partial charge in [0.25, 0.3) is 5.91 Å². The van der Waals surface area contributed by atoms with Crippen molar-refractivity contribution in [1.29, 1.82) is 0 Å². The molecule has 0 unspecified atom stereocenters. The minimum atomic E-state index is -0.0887. The zero-order valence-corrected chi connectivity index (χ0v) is 22.1. The third-order valence-electron chi connectivity index (χ3n) is 6.16. The number of aryl methyl sites for hydroxylation is 1. The van der Waals surface area contributed by atoms with Crippen molar-refractivity contribution in [1.82, 2.24) is 25.3 Å². The van der Waals surface area contributed by atoms with Gasteiger partial charge in [0.2, 0.25) is 0 Å². The third-order valence-corrected chi connectivity index (χ3v) is 8.48. The average molecular weight is 504 g/mol. The number of benzene rings is 1. The molecule has 0 aliphatic carbocycles. The summed E-state index contributed by atoms with van der Waals surface area (Å²) >= 11 is 3.42. The summed E-state index contributed by atoms with van der Waals surface area (Å²) in [5.41, 5.74) is 7.43. The van der Waals surface area contributed by atoms with Crippen molar-refractivity contribution in [2.75, 3.05) is 11.5 Å². The monoisotopic (exact) mass is 503 g/mol. The van der Waals surface area contributed by atoms with Gasteiger partial charge in [0.1, 0.15) is 16.9 Å². The molecule has 2 N–H and O–H groups in total. The van der Waals surface area contributed by atoms with Crippen molar-refractivity contribution in [3.8, 4) is 11.3 Å². The van der Waals surface area contributed by atoms with Crippen molar-refractivity contribution in [2.45, 2.75) is 46.1 Å². The molecule has 4 heterocycles. The van der Waals surface area contributed by atoms with Crippen LogP contribution >= 0.6 is 23.1 Å². The Morgan fingerprint density at radius 1 is 1.17 bits per heavy atom. The molecule has 6 nitrogen and oxygen atoms in total. The van der Waals surface area contributed by atoms with Crippen molar-refractivity contribution < 1.29 is 4.79 Å². The molecule has 8 heteroatoms. The molecule has 0 radical (unpaired) electrons. The minimum Gasteiger partial charge on any atom is -0.347 e. The quantitative estimate of drug-likeness (QED) is 0.342. The number of allylic oxidation sites excluding steroid dienone is 1. The van der Waals surface area contributed by atoms with E-state index >= 15 is 0 Å². The molecule has 0 saturated heterocycles. The van der Waals surface area contributed by atoms with Gasteiger partial charge in [0.05, 0.1) is 16.9 Å². The molecule has 180 valence electrons. The molecule has 35 heavy (non-hydrogen) atoms. The first-order valence-electron chi connectivity index (χ1n) is 11.7. The van der Waals surface area contributed by atoms with E-state index in [4.69, 9.17) is 0 Å². The molecule has 1 amide bonds. The van der Waals surface area contributed by atoms with Crippen LogP contribution in [0.25, 0.3) is 27.9 Å². The van der Waals surface area contributed by atoms with Crippen LogP contribution in [0.3, 0.4) is 0 Å². The molecule has 0 bridgehead atoms. The number of carbonyl (C=O) groups excluding carboxylic acids is 1. The normalized spacial score (nSPS) is 14.2. The Labute approximate surface area is 213 Å². The van der Waals surface area contributed by atoms with E-state index in [2.05, 4.69) is 83.3 Å². The maximum Gasteiger partial charge on any atom is 0.263 e. The second-order valence-electron chi connectivity index (χ2n) is 9.83. The highest BCUT2D eigenvalue weighted by Crippen LogP contribution is 2.32. The smallest absolute Gasteiger partial charge is 0.263 e. The lowest BCUT2D eigenvalue weighted by Gasteiger charge is -2.13. The summed E-state index contributed by atoms with van der Waals surface area (Å²) in [6.07, 6.45) is 6.66. The summed E-state index contributed by atoms with van der Waals surface area (Å²) in [4.78, 5) is 30.3. The summed E-state index contributed by atoms with van der Waals surface area (Å²) in [7, 11) is 0. The van der Waals surface area contributed by atoms with E-state index in [-0.39, 0.29) is 11.3 Å². The fourth-order valence-electron chi connectivity index (χ4n) is 4.14. The maximum atomic E-state index is 12.7. The number of nitrogens with one attached hydrogen (secondary N) is 2. The van der Waals surface area contributed by atoms with Gasteiger partial charge in [-0.25, -0.2) is 15.0 Å². The minimum absolute atomic E-state index is 0.0608. The van der Waals surface area contributed by atoms with Crippen LogP contribution in [0.5, 0.6) is 0 Å². The van der Waals surface area contributed by atoms with Gasteiger partial charge in [-0.2, -0.15) is 11.8 Å². The Bertz CT molecular complexity index is 1430. The molecule has 0 atom stereocenters. The molecule has 0 fully saturated rings. The molecular formula is C27H29N5OS2. The summed E-state index contributed by atoms with van der Waals surface area (Å²) in [5.74, 6) is 2.12. The number of nitrogens with zero attached hydrogens (tertiary/aromatic N) is 3. The Morgan fingerprint density at radius 3 is 2.74 bits per heavy atom. The lowest BCUT2D eigenvalue weighted by atomic mass is 9.98. The van der Waals surface area contributed by atoms with E-state index in [9.17, 15) is 4.79 Å². The van der Waals surface area contributed by atoms with Crippen LogP contribution < -0.4 is 5.32 Å². The van der Waals surface area contributed by atoms with E-state index in [1.807, 2.05) is 11.8 Å². The van der Waals surface area contributed by atoms with Gasteiger partial charge in [-0.15, -0.1) is 11.3 Å². The van der Waals surface area contributed by atoms with E-state index in [1.165, 1.54) is 16.9 Å². The SMILES string of the molecule is Cc1cc(-c2ncnc3[nH]c(C4=CCSCC4)cc23)ccc1CNC(=O)c1cnc(C(C)(C)C)s1. The summed E-state index contributed by atoms with van der Waals surface area (Å²) in [6.45, 7) is 8.84. The van der Waals surface area contributed by atoms with Crippen molar-refractivity contribution >= 4 is 45.6 Å². The van der Waals surface area contributed by atoms with Crippen LogP contribution in [0, 0.1) is 6.92 Å². The average Bonchev–Trinajstić information content (AvgIpc) is 3.51. The van der Waals surface area contributed by atoms with Gasteiger partial charge in [-0.1, -0.05) is 39.0 Å². The molecule has 4 aromatic rings. The second kappa shape index (κ2) is 9.59. The van der Waals surface area contributed by atoms with Crippen LogP contribution in [0.1, 0.15) is 58.7 Å².